The molecule has 2 amide bonds. The standard InChI is InChI=1S/C26H32N4O3/c1-4-27-26(31)29(17-23-14-9-15-32-23)18-24-20(3)28-30(21-11-6-5-7-12-21)25(24)33-22-13-8-10-19(2)16-22/h5-8,10-13,16,23H,4,9,14-15,17-18H2,1-3H3,(H,27,31)/t23-/m1/s1. The van der Waals surface area contributed by atoms with Crippen LogP contribution in [0.4, 0.5) is 4.79 Å². The van der Waals surface area contributed by atoms with E-state index in [9.17, 15) is 4.79 Å². The number of carbonyl (C=O) groups is 1. The van der Waals surface area contributed by atoms with Crippen LogP contribution in [0.1, 0.15) is 36.6 Å². The summed E-state index contributed by atoms with van der Waals surface area (Å²) in [7, 11) is 0. The second-order valence-corrected chi connectivity index (χ2v) is 8.39. The molecule has 0 aliphatic carbocycles. The van der Waals surface area contributed by atoms with Crippen LogP contribution in [0.25, 0.3) is 5.69 Å². The van der Waals surface area contributed by atoms with Crippen molar-refractivity contribution in [2.45, 2.75) is 46.3 Å². The normalized spacial score (nSPS) is 15.4. The third kappa shape index (κ3) is 5.54. The summed E-state index contributed by atoms with van der Waals surface area (Å²) in [5.41, 5.74) is 3.71. The van der Waals surface area contributed by atoms with Gasteiger partial charge in [-0.3, -0.25) is 0 Å². The van der Waals surface area contributed by atoms with Gasteiger partial charge in [-0.15, -0.1) is 0 Å². The maximum atomic E-state index is 12.9. The number of aryl methyl sites for hydroxylation is 2. The van der Waals surface area contributed by atoms with Gasteiger partial charge in [-0.25, -0.2) is 9.48 Å². The fourth-order valence-electron chi connectivity index (χ4n) is 4.07. The lowest BCUT2D eigenvalue weighted by Crippen LogP contribution is -2.43. The Kier molecular flexibility index (Phi) is 7.29. The van der Waals surface area contributed by atoms with Crippen LogP contribution in [0, 0.1) is 13.8 Å². The molecule has 3 aromatic rings. The number of hydrogen-bond acceptors (Lipinski definition) is 4. The van der Waals surface area contributed by atoms with Crippen molar-refractivity contribution in [2.75, 3.05) is 19.7 Å². The van der Waals surface area contributed by atoms with E-state index in [1.807, 2.05) is 85.0 Å². The Morgan fingerprint density at radius 2 is 2.03 bits per heavy atom. The van der Waals surface area contributed by atoms with Gasteiger partial charge in [0.15, 0.2) is 0 Å². The van der Waals surface area contributed by atoms with Crippen LogP contribution in [0.2, 0.25) is 0 Å². The first-order valence-electron chi connectivity index (χ1n) is 11.6. The predicted octanol–water partition coefficient (Wildman–Crippen LogP) is 4.99. The third-order valence-electron chi connectivity index (χ3n) is 5.75. The van der Waals surface area contributed by atoms with E-state index in [0.717, 1.165) is 47.7 Å². The van der Waals surface area contributed by atoms with Gasteiger partial charge in [0.25, 0.3) is 0 Å². The van der Waals surface area contributed by atoms with Gasteiger partial charge in [-0.05, 0) is 63.4 Å². The molecule has 0 unspecified atom stereocenters. The van der Waals surface area contributed by atoms with Crippen molar-refractivity contribution in [1.82, 2.24) is 20.0 Å². The van der Waals surface area contributed by atoms with Crippen molar-refractivity contribution >= 4 is 6.03 Å². The first-order valence-corrected chi connectivity index (χ1v) is 11.6. The van der Waals surface area contributed by atoms with Crippen molar-refractivity contribution in [3.8, 4) is 17.3 Å². The summed E-state index contributed by atoms with van der Waals surface area (Å²) in [6, 6.07) is 17.7. The minimum atomic E-state index is -0.110. The SMILES string of the molecule is CCNC(=O)N(Cc1c(C)nn(-c2ccccc2)c1Oc1cccc(C)c1)C[C@H]1CCCO1. The number of para-hydroxylation sites is 1. The number of benzene rings is 2. The lowest BCUT2D eigenvalue weighted by Gasteiger charge is -2.26. The summed E-state index contributed by atoms with van der Waals surface area (Å²) in [5, 5.41) is 7.73. The zero-order valence-electron chi connectivity index (χ0n) is 19.6. The van der Waals surface area contributed by atoms with E-state index in [-0.39, 0.29) is 12.1 Å². The highest BCUT2D eigenvalue weighted by molar-refractivity contribution is 5.74. The average molecular weight is 449 g/mol. The molecule has 1 aliphatic rings. The molecular formula is C26H32N4O3. The van der Waals surface area contributed by atoms with E-state index in [1.165, 1.54) is 0 Å². The van der Waals surface area contributed by atoms with Crippen molar-refractivity contribution in [2.24, 2.45) is 0 Å². The van der Waals surface area contributed by atoms with E-state index < -0.39 is 0 Å². The van der Waals surface area contributed by atoms with E-state index in [0.29, 0.717) is 25.5 Å². The molecule has 0 saturated carbocycles. The largest absolute Gasteiger partial charge is 0.439 e. The highest BCUT2D eigenvalue weighted by Crippen LogP contribution is 2.32. The average Bonchev–Trinajstić information content (AvgIpc) is 3.43. The number of nitrogens with one attached hydrogen (secondary N) is 1. The summed E-state index contributed by atoms with van der Waals surface area (Å²) in [5.74, 6) is 1.35. The van der Waals surface area contributed by atoms with Crippen LogP contribution in [0.15, 0.2) is 54.6 Å². The Labute approximate surface area is 195 Å². The number of hydrogen-bond donors (Lipinski definition) is 1. The van der Waals surface area contributed by atoms with Crippen LogP contribution in [0.5, 0.6) is 11.6 Å². The zero-order chi connectivity index (χ0) is 23.2. The van der Waals surface area contributed by atoms with Crippen molar-refractivity contribution in [3.05, 3.63) is 71.4 Å². The minimum absolute atomic E-state index is 0.0539. The fourth-order valence-corrected chi connectivity index (χ4v) is 4.07. The molecule has 0 radical (unpaired) electrons. The number of amides is 2. The molecule has 2 heterocycles. The van der Waals surface area contributed by atoms with Gasteiger partial charge in [0.2, 0.25) is 5.88 Å². The summed E-state index contributed by atoms with van der Waals surface area (Å²) >= 11 is 0. The minimum Gasteiger partial charge on any atom is -0.439 e. The molecule has 4 rings (SSSR count). The van der Waals surface area contributed by atoms with Crippen LogP contribution in [0.3, 0.4) is 0 Å². The monoisotopic (exact) mass is 448 g/mol. The number of ether oxygens (including phenoxy) is 2. The third-order valence-corrected chi connectivity index (χ3v) is 5.75. The molecule has 1 saturated heterocycles. The fraction of sp³-hybridized carbons (Fsp3) is 0.385. The summed E-state index contributed by atoms with van der Waals surface area (Å²) in [6.07, 6.45) is 2.05. The van der Waals surface area contributed by atoms with Crippen LogP contribution < -0.4 is 10.1 Å². The van der Waals surface area contributed by atoms with Gasteiger partial charge in [-0.2, -0.15) is 5.10 Å². The van der Waals surface area contributed by atoms with Gasteiger partial charge in [0, 0.05) is 19.7 Å². The molecule has 0 bridgehead atoms. The molecule has 1 aliphatic heterocycles. The molecule has 1 N–H and O–H groups in total. The molecule has 174 valence electrons. The van der Waals surface area contributed by atoms with E-state index in [2.05, 4.69) is 5.32 Å². The number of urea groups is 1. The highest BCUT2D eigenvalue weighted by atomic mass is 16.5. The van der Waals surface area contributed by atoms with Crippen LogP contribution in [-0.4, -0.2) is 46.5 Å². The molecule has 2 aromatic carbocycles. The molecule has 0 spiro atoms. The molecule has 1 aromatic heterocycles. The van der Waals surface area contributed by atoms with Crippen molar-refractivity contribution in [1.29, 1.82) is 0 Å². The quantitative estimate of drug-likeness (QED) is 0.527. The predicted molar refractivity (Wildman–Crippen MR) is 128 cm³/mol. The number of aromatic nitrogens is 2. The lowest BCUT2D eigenvalue weighted by molar-refractivity contribution is 0.0793. The molecule has 1 fully saturated rings. The number of carbonyl (C=O) groups excluding carboxylic acids is 1. The number of nitrogens with zero attached hydrogens (tertiary/aromatic N) is 3. The van der Waals surface area contributed by atoms with E-state index >= 15 is 0 Å². The number of rotatable bonds is 8. The maximum absolute atomic E-state index is 12.9. The molecular weight excluding hydrogens is 416 g/mol. The molecule has 1 atom stereocenters. The molecule has 7 nitrogen and oxygen atoms in total. The first-order chi connectivity index (χ1) is 16.0. The zero-order valence-corrected chi connectivity index (χ0v) is 19.6. The molecule has 33 heavy (non-hydrogen) atoms. The Morgan fingerprint density at radius 1 is 1.21 bits per heavy atom. The second-order valence-electron chi connectivity index (χ2n) is 8.39. The van der Waals surface area contributed by atoms with Gasteiger partial charge < -0.3 is 19.7 Å². The van der Waals surface area contributed by atoms with Gasteiger partial charge in [-0.1, -0.05) is 30.3 Å². The maximum Gasteiger partial charge on any atom is 0.317 e. The smallest absolute Gasteiger partial charge is 0.317 e. The Hall–Kier alpha value is -3.32. The van der Waals surface area contributed by atoms with Crippen LogP contribution in [-0.2, 0) is 11.3 Å². The topological polar surface area (TPSA) is 68.6 Å². The van der Waals surface area contributed by atoms with E-state index in [1.54, 1.807) is 0 Å². The summed E-state index contributed by atoms with van der Waals surface area (Å²) in [6.45, 7) is 8.15. The lowest BCUT2D eigenvalue weighted by atomic mass is 10.2. The van der Waals surface area contributed by atoms with Crippen LogP contribution >= 0.6 is 0 Å². The Balaban J connectivity index is 1.72. The summed E-state index contributed by atoms with van der Waals surface area (Å²) in [4.78, 5) is 14.7. The van der Waals surface area contributed by atoms with Gasteiger partial charge >= 0.3 is 6.03 Å². The second kappa shape index (κ2) is 10.5. The van der Waals surface area contributed by atoms with Gasteiger partial charge in [0.1, 0.15) is 5.75 Å². The Bertz CT molecular complexity index is 1070. The highest BCUT2D eigenvalue weighted by Gasteiger charge is 2.27. The van der Waals surface area contributed by atoms with E-state index in [4.69, 9.17) is 14.6 Å². The summed E-state index contributed by atoms with van der Waals surface area (Å²) < 4.78 is 14.1. The first kappa shape index (κ1) is 22.9. The van der Waals surface area contributed by atoms with Crippen molar-refractivity contribution in [3.63, 3.8) is 0 Å². The Morgan fingerprint density at radius 3 is 2.73 bits per heavy atom. The molecule has 7 heteroatoms. The van der Waals surface area contributed by atoms with Gasteiger partial charge in [0.05, 0.1) is 29.6 Å². The van der Waals surface area contributed by atoms with Crippen molar-refractivity contribution < 1.29 is 14.3 Å².